The molecule has 2 saturated heterocycles. The number of amides is 1. The van der Waals surface area contributed by atoms with Crippen molar-refractivity contribution in [3.63, 3.8) is 0 Å². The number of ether oxygens (including phenoxy) is 2. The Hall–Kier alpha value is -3.64. The molecule has 9 nitrogen and oxygen atoms in total. The lowest BCUT2D eigenvalue weighted by atomic mass is 9.90. The first kappa shape index (κ1) is 30.4. The van der Waals surface area contributed by atoms with Crippen molar-refractivity contribution < 1.29 is 28.2 Å². The summed E-state index contributed by atoms with van der Waals surface area (Å²) >= 11 is 6.57. The number of piperidine rings is 1. The van der Waals surface area contributed by atoms with Crippen LogP contribution in [-0.2, 0) is 20.8 Å². The van der Waals surface area contributed by atoms with Crippen LogP contribution in [-0.4, -0.2) is 75.0 Å². The first-order valence-corrected chi connectivity index (χ1v) is 15.0. The molecular weight excluding hydrogens is 594 g/mol. The second-order valence-electron chi connectivity index (χ2n) is 11.4. The highest BCUT2D eigenvalue weighted by atomic mass is 35.5. The van der Waals surface area contributed by atoms with Gasteiger partial charge < -0.3 is 19.5 Å². The van der Waals surface area contributed by atoms with E-state index in [9.17, 15) is 23.5 Å². The summed E-state index contributed by atoms with van der Waals surface area (Å²) in [5.74, 6) is -1.58. The number of fused-ring (bicyclic) bond motifs is 1. The van der Waals surface area contributed by atoms with E-state index >= 15 is 0 Å². The monoisotopic (exact) mass is 626 g/mol. The van der Waals surface area contributed by atoms with Gasteiger partial charge in [-0.25, -0.2) is 13.8 Å². The quantitative estimate of drug-likeness (QED) is 0.304. The first-order valence-electron chi connectivity index (χ1n) is 14.6. The maximum Gasteiger partial charge on any atom is 0.262 e. The number of aromatic nitrogens is 3. The number of hydrogen-bond donors (Lipinski definition) is 1. The van der Waals surface area contributed by atoms with Crippen molar-refractivity contribution >= 4 is 28.5 Å². The fourth-order valence-corrected chi connectivity index (χ4v) is 6.27. The minimum atomic E-state index is -2.67. The van der Waals surface area contributed by atoms with Crippen molar-refractivity contribution in [2.24, 2.45) is 0 Å². The van der Waals surface area contributed by atoms with Gasteiger partial charge in [0.05, 0.1) is 43.3 Å². The van der Waals surface area contributed by atoms with E-state index < -0.39 is 17.9 Å². The summed E-state index contributed by atoms with van der Waals surface area (Å²) in [4.78, 5) is 32.4. The van der Waals surface area contributed by atoms with E-state index in [1.165, 1.54) is 15.8 Å². The molecule has 2 aromatic heterocycles. The molecule has 0 aliphatic carbocycles. The molecule has 1 N–H and O–H groups in total. The maximum atomic E-state index is 13.8. The molecule has 0 radical (unpaired) electrons. The molecule has 4 heterocycles. The van der Waals surface area contributed by atoms with Crippen LogP contribution in [0.2, 0.25) is 5.15 Å². The summed E-state index contributed by atoms with van der Waals surface area (Å²) in [7, 11) is 0. The smallest absolute Gasteiger partial charge is 0.262 e. The van der Waals surface area contributed by atoms with Crippen LogP contribution in [0.1, 0.15) is 42.4 Å². The Kier molecular flexibility index (Phi) is 8.82. The normalized spacial score (nSPS) is 19.4. The predicted octanol–water partition coefficient (Wildman–Crippen LogP) is 4.72. The number of hydrogen-bond acceptors (Lipinski definition) is 6. The minimum absolute atomic E-state index is 0.0264. The zero-order valence-corrected chi connectivity index (χ0v) is 24.7. The molecule has 0 spiro atoms. The van der Waals surface area contributed by atoms with Crippen LogP contribution in [0.5, 0.6) is 0 Å². The van der Waals surface area contributed by atoms with Gasteiger partial charge in [-0.2, -0.15) is 0 Å². The third-order valence-electron chi connectivity index (χ3n) is 8.52. The molecule has 2 atom stereocenters. The van der Waals surface area contributed by atoms with Gasteiger partial charge in [0.1, 0.15) is 17.6 Å². The SMILES string of the molecule is O=C(C[C@H](c1ccccc1)C(F)F)N1CCC(O)(Cn2cnc3c(cc(Cl)n3-c3ccc([C@H]4COCCO4)cc3)c2=O)CC1. The molecule has 6 rings (SSSR count). The molecular formula is C32H33ClF2N4O5. The topological polar surface area (TPSA) is 98.8 Å². The standard InChI is InChI=1S/C32H33ClF2N4O5/c33-27-16-25-30(39(27)23-8-6-22(7-9-23)26-18-43-14-15-44-26)36-20-38(31(25)41)19-32(42)10-12-37(13-11-32)28(40)17-24(29(34)35)21-4-2-1-3-5-21/h1-9,16,20,24,26,29,42H,10-15,17-19H2/t24-,26-/m1/s1. The summed E-state index contributed by atoms with van der Waals surface area (Å²) in [5, 5.41) is 12.0. The Morgan fingerprint density at radius 2 is 1.82 bits per heavy atom. The Labute approximate surface area is 257 Å². The third kappa shape index (κ3) is 6.28. The maximum absolute atomic E-state index is 13.8. The molecule has 0 bridgehead atoms. The highest BCUT2D eigenvalue weighted by Gasteiger charge is 2.36. The van der Waals surface area contributed by atoms with Crippen molar-refractivity contribution in [2.75, 3.05) is 32.9 Å². The Morgan fingerprint density at radius 3 is 2.48 bits per heavy atom. The van der Waals surface area contributed by atoms with Gasteiger partial charge in [-0.3, -0.25) is 18.7 Å². The highest BCUT2D eigenvalue weighted by molar-refractivity contribution is 6.31. The van der Waals surface area contributed by atoms with Gasteiger partial charge in [-0.15, -0.1) is 0 Å². The zero-order valence-electron chi connectivity index (χ0n) is 23.9. The number of alkyl halides is 2. The van der Waals surface area contributed by atoms with E-state index in [1.54, 1.807) is 41.0 Å². The molecule has 2 fully saturated rings. The third-order valence-corrected chi connectivity index (χ3v) is 8.80. The van der Waals surface area contributed by atoms with Crippen LogP contribution in [0.3, 0.4) is 0 Å². The van der Waals surface area contributed by atoms with E-state index in [-0.39, 0.29) is 56.5 Å². The summed E-state index contributed by atoms with van der Waals surface area (Å²) in [6.45, 7) is 1.97. The van der Waals surface area contributed by atoms with Crippen LogP contribution in [0.4, 0.5) is 8.78 Å². The van der Waals surface area contributed by atoms with Crippen molar-refractivity contribution in [3.8, 4) is 5.69 Å². The van der Waals surface area contributed by atoms with E-state index in [0.29, 0.717) is 41.6 Å². The van der Waals surface area contributed by atoms with Crippen LogP contribution >= 0.6 is 11.6 Å². The van der Waals surface area contributed by atoms with E-state index in [2.05, 4.69) is 4.98 Å². The average molecular weight is 627 g/mol. The van der Waals surface area contributed by atoms with Crippen molar-refractivity contribution in [2.45, 2.75) is 49.9 Å². The molecule has 44 heavy (non-hydrogen) atoms. The number of rotatable bonds is 8. The van der Waals surface area contributed by atoms with Gasteiger partial charge in [0.15, 0.2) is 5.65 Å². The lowest BCUT2D eigenvalue weighted by Gasteiger charge is -2.38. The van der Waals surface area contributed by atoms with Crippen LogP contribution in [0.15, 0.2) is 71.8 Å². The number of carbonyl (C=O) groups excluding carboxylic acids is 1. The molecule has 2 aromatic carbocycles. The number of benzene rings is 2. The zero-order chi connectivity index (χ0) is 30.8. The molecule has 1 amide bonds. The number of halogens is 3. The number of aliphatic hydroxyl groups is 1. The minimum Gasteiger partial charge on any atom is -0.388 e. The second kappa shape index (κ2) is 12.8. The lowest BCUT2D eigenvalue weighted by molar-refractivity contribution is -0.137. The van der Waals surface area contributed by atoms with Crippen molar-refractivity contribution in [3.05, 3.63) is 93.6 Å². The average Bonchev–Trinajstić information content (AvgIpc) is 3.38. The summed E-state index contributed by atoms with van der Waals surface area (Å²) in [6.07, 6.45) is -1.35. The number of likely N-dealkylation sites (tertiary alicyclic amines) is 1. The number of carbonyl (C=O) groups is 1. The van der Waals surface area contributed by atoms with E-state index in [4.69, 9.17) is 21.1 Å². The summed E-state index contributed by atoms with van der Waals surface area (Å²) in [6, 6.07) is 17.5. The van der Waals surface area contributed by atoms with Gasteiger partial charge in [0.2, 0.25) is 12.3 Å². The first-order chi connectivity index (χ1) is 21.2. The Bertz CT molecular complexity index is 1660. The number of nitrogens with zero attached hydrogens (tertiary/aromatic N) is 4. The molecule has 2 aliphatic rings. The fraction of sp³-hybridized carbons (Fsp3) is 0.406. The Balaban J connectivity index is 1.13. The van der Waals surface area contributed by atoms with E-state index in [0.717, 1.165) is 11.3 Å². The van der Waals surface area contributed by atoms with Gasteiger partial charge >= 0.3 is 0 Å². The molecule has 0 saturated carbocycles. The van der Waals surface area contributed by atoms with Gasteiger partial charge in [-0.1, -0.05) is 54.1 Å². The summed E-state index contributed by atoms with van der Waals surface area (Å²) < 4.78 is 41.8. The van der Waals surface area contributed by atoms with Gasteiger partial charge in [0.25, 0.3) is 5.56 Å². The predicted molar refractivity (Wildman–Crippen MR) is 160 cm³/mol. The molecule has 12 heteroatoms. The fourth-order valence-electron chi connectivity index (χ4n) is 5.98. The Morgan fingerprint density at radius 1 is 1.09 bits per heavy atom. The highest BCUT2D eigenvalue weighted by Crippen LogP contribution is 2.31. The molecule has 0 unspecified atom stereocenters. The van der Waals surface area contributed by atoms with Crippen molar-refractivity contribution in [1.82, 2.24) is 19.0 Å². The molecule has 2 aliphatic heterocycles. The van der Waals surface area contributed by atoms with Gasteiger partial charge in [-0.05, 0) is 42.2 Å². The van der Waals surface area contributed by atoms with Crippen LogP contribution in [0.25, 0.3) is 16.7 Å². The van der Waals surface area contributed by atoms with Crippen LogP contribution < -0.4 is 5.56 Å². The largest absolute Gasteiger partial charge is 0.388 e. The van der Waals surface area contributed by atoms with E-state index in [1.807, 2.05) is 24.3 Å². The second-order valence-corrected chi connectivity index (χ2v) is 11.8. The lowest BCUT2D eigenvalue weighted by Crippen LogP contribution is -2.50. The van der Waals surface area contributed by atoms with Crippen LogP contribution in [0, 0.1) is 0 Å². The molecule has 4 aromatic rings. The summed E-state index contributed by atoms with van der Waals surface area (Å²) in [5.41, 5.74) is 0.886. The molecule has 232 valence electrons. The van der Waals surface area contributed by atoms with Crippen molar-refractivity contribution in [1.29, 1.82) is 0 Å². The van der Waals surface area contributed by atoms with Gasteiger partial charge in [0, 0.05) is 25.2 Å².